The molecule has 0 aromatic carbocycles. The van der Waals surface area contributed by atoms with Gasteiger partial charge in [-0.2, -0.15) is 0 Å². The van der Waals surface area contributed by atoms with Crippen LogP contribution in [0.5, 0.6) is 0 Å². The summed E-state index contributed by atoms with van der Waals surface area (Å²) in [5.41, 5.74) is 0.0322. The molecular weight excluding hydrogens is 344 g/mol. The number of nitrogens with one attached hydrogen (secondary N) is 2. The maximum absolute atomic E-state index is 12.0. The molecule has 1 unspecified atom stereocenters. The molecule has 1 aromatic heterocycles. The number of guanidine groups is 1. The molecular formula is C20H34N4OS. The number of thiophene rings is 1. The summed E-state index contributed by atoms with van der Waals surface area (Å²) in [4.78, 5) is 20.2. The van der Waals surface area contributed by atoms with Crippen molar-refractivity contribution in [2.45, 2.75) is 64.8 Å². The zero-order chi connectivity index (χ0) is 19.0. The molecule has 146 valence electrons. The molecule has 1 atom stereocenters. The average Bonchev–Trinajstić information content (AvgIpc) is 3.29. The summed E-state index contributed by atoms with van der Waals surface area (Å²) in [6.07, 6.45) is 3.68. The van der Waals surface area contributed by atoms with Gasteiger partial charge < -0.3 is 15.5 Å². The van der Waals surface area contributed by atoms with E-state index in [0.29, 0.717) is 18.4 Å². The molecule has 1 saturated heterocycles. The minimum Gasteiger partial charge on any atom is -0.357 e. The van der Waals surface area contributed by atoms with Crippen LogP contribution in [0.25, 0.3) is 0 Å². The SMILES string of the molecule is CCNC(=NCC(C)(C)c1cccs1)NCCC(CC)N1CCCC1=O. The van der Waals surface area contributed by atoms with Crippen LogP contribution in [0.4, 0.5) is 0 Å². The molecule has 1 amide bonds. The van der Waals surface area contributed by atoms with Gasteiger partial charge in [-0.15, -0.1) is 11.3 Å². The van der Waals surface area contributed by atoms with Crippen molar-refractivity contribution >= 4 is 23.2 Å². The Morgan fingerprint density at radius 3 is 2.77 bits per heavy atom. The van der Waals surface area contributed by atoms with Gasteiger partial charge in [0.1, 0.15) is 0 Å². The predicted molar refractivity (Wildman–Crippen MR) is 111 cm³/mol. The predicted octanol–water partition coefficient (Wildman–Crippen LogP) is 3.37. The zero-order valence-corrected chi connectivity index (χ0v) is 17.5. The second kappa shape index (κ2) is 9.95. The molecule has 0 radical (unpaired) electrons. The largest absolute Gasteiger partial charge is 0.357 e. The first kappa shape index (κ1) is 20.7. The Labute approximate surface area is 162 Å². The number of aliphatic imine (C=N–C) groups is 1. The van der Waals surface area contributed by atoms with Crippen molar-refractivity contribution in [3.63, 3.8) is 0 Å². The highest BCUT2D eigenvalue weighted by molar-refractivity contribution is 7.10. The summed E-state index contributed by atoms with van der Waals surface area (Å²) >= 11 is 1.79. The summed E-state index contributed by atoms with van der Waals surface area (Å²) in [5, 5.41) is 8.90. The lowest BCUT2D eigenvalue weighted by Gasteiger charge is -2.27. The van der Waals surface area contributed by atoms with Crippen molar-refractivity contribution in [1.29, 1.82) is 0 Å². The Morgan fingerprint density at radius 2 is 2.19 bits per heavy atom. The Morgan fingerprint density at radius 1 is 1.38 bits per heavy atom. The van der Waals surface area contributed by atoms with Gasteiger partial charge in [0.2, 0.25) is 5.91 Å². The Bertz CT molecular complexity index is 583. The lowest BCUT2D eigenvalue weighted by molar-refractivity contribution is -0.129. The highest BCUT2D eigenvalue weighted by atomic mass is 32.1. The van der Waals surface area contributed by atoms with Gasteiger partial charge in [0.15, 0.2) is 5.96 Å². The number of hydrogen-bond donors (Lipinski definition) is 2. The van der Waals surface area contributed by atoms with Crippen LogP contribution in [-0.2, 0) is 10.2 Å². The highest BCUT2D eigenvalue weighted by Gasteiger charge is 2.26. The lowest BCUT2D eigenvalue weighted by Crippen LogP contribution is -2.42. The van der Waals surface area contributed by atoms with Crippen molar-refractivity contribution < 1.29 is 4.79 Å². The van der Waals surface area contributed by atoms with Crippen LogP contribution in [0.2, 0.25) is 0 Å². The molecule has 1 aromatic rings. The average molecular weight is 379 g/mol. The normalized spacial score (nSPS) is 16.8. The van der Waals surface area contributed by atoms with Gasteiger partial charge in [0, 0.05) is 42.4 Å². The molecule has 0 aliphatic carbocycles. The summed E-state index contributed by atoms with van der Waals surface area (Å²) in [5.74, 6) is 1.18. The third-order valence-electron chi connectivity index (χ3n) is 4.96. The first-order chi connectivity index (χ1) is 12.5. The maximum atomic E-state index is 12.0. The third-order valence-corrected chi connectivity index (χ3v) is 6.19. The number of amides is 1. The van der Waals surface area contributed by atoms with Crippen LogP contribution >= 0.6 is 11.3 Å². The summed E-state index contributed by atoms with van der Waals surface area (Å²) < 4.78 is 0. The standard InChI is InChI=1S/C20H34N4OS/c1-5-16(24-13-7-10-18(24)25)11-12-22-19(21-6-2)23-15-20(3,4)17-9-8-14-26-17/h8-9,14,16H,5-7,10-13,15H2,1-4H3,(H2,21,22,23). The van der Waals surface area contributed by atoms with Crippen molar-refractivity contribution in [3.05, 3.63) is 22.4 Å². The van der Waals surface area contributed by atoms with E-state index in [1.165, 1.54) is 4.88 Å². The van der Waals surface area contributed by atoms with E-state index in [-0.39, 0.29) is 5.41 Å². The van der Waals surface area contributed by atoms with Gasteiger partial charge in [-0.3, -0.25) is 9.79 Å². The van der Waals surface area contributed by atoms with Crippen LogP contribution in [0.15, 0.2) is 22.5 Å². The van der Waals surface area contributed by atoms with Gasteiger partial charge in [-0.05, 0) is 37.6 Å². The molecule has 1 aliphatic heterocycles. The Hall–Kier alpha value is -1.56. The van der Waals surface area contributed by atoms with Crippen molar-refractivity contribution in [2.75, 3.05) is 26.2 Å². The summed E-state index contributed by atoms with van der Waals surface area (Å²) in [6.45, 7) is 12.0. The highest BCUT2D eigenvalue weighted by Crippen LogP contribution is 2.27. The molecule has 6 heteroatoms. The van der Waals surface area contributed by atoms with Crippen LogP contribution < -0.4 is 10.6 Å². The van der Waals surface area contributed by atoms with Crippen LogP contribution in [0.3, 0.4) is 0 Å². The van der Waals surface area contributed by atoms with Gasteiger partial charge >= 0.3 is 0 Å². The van der Waals surface area contributed by atoms with E-state index in [4.69, 9.17) is 4.99 Å². The first-order valence-electron chi connectivity index (χ1n) is 9.83. The van der Waals surface area contributed by atoms with Crippen molar-refractivity contribution in [2.24, 2.45) is 4.99 Å². The topological polar surface area (TPSA) is 56.7 Å². The molecule has 0 bridgehead atoms. The number of carbonyl (C=O) groups excluding carboxylic acids is 1. The van der Waals surface area contributed by atoms with E-state index >= 15 is 0 Å². The first-order valence-corrected chi connectivity index (χ1v) is 10.7. The second-order valence-electron chi connectivity index (χ2n) is 7.52. The van der Waals surface area contributed by atoms with Gasteiger partial charge in [0.05, 0.1) is 6.54 Å². The van der Waals surface area contributed by atoms with Gasteiger partial charge in [-0.25, -0.2) is 0 Å². The second-order valence-corrected chi connectivity index (χ2v) is 8.47. The number of nitrogens with zero attached hydrogens (tertiary/aromatic N) is 2. The molecule has 0 spiro atoms. The quantitative estimate of drug-likeness (QED) is 0.512. The van der Waals surface area contributed by atoms with E-state index in [1.54, 1.807) is 11.3 Å². The molecule has 2 rings (SSSR count). The lowest BCUT2D eigenvalue weighted by atomic mass is 9.92. The number of carbonyl (C=O) groups is 1. The molecule has 0 saturated carbocycles. The number of rotatable bonds is 9. The van der Waals surface area contributed by atoms with Crippen LogP contribution in [-0.4, -0.2) is 49.0 Å². The molecule has 1 fully saturated rings. The third kappa shape index (κ3) is 5.73. The van der Waals surface area contributed by atoms with Gasteiger partial charge in [0.25, 0.3) is 0 Å². The van der Waals surface area contributed by atoms with E-state index in [1.807, 2.05) is 0 Å². The van der Waals surface area contributed by atoms with Gasteiger partial charge in [-0.1, -0.05) is 26.8 Å². The number of likely N-dealkylation sites (tertiary alicyclic amines) is 1. The fraction of sp³-hybridized carbons (Fsp3) is 0.700. The van der Waals surface area contributed by atoms with Crippen molar-refractivity contribution in [3.8, 4) is 0 Å². The van der Waals surface area contributed by atoms with E-state index in [0.717, 1.165) is 51.4 Å². The number of hydrogen-bond acceptors (Lipinski definition) is 3. The molecule has 26 heavy (non-hydrogen) atoms. The maximum Gasteiger partial charge on any atom is 0.222 e. The zero-order valence-electron chi connectivity index (χ0n) is 16.7. The van der Waals surface area contributed by atoms with Crippen molar-refractivity contribution in [1.82, 2.24) is 15.5 Å². The fourth-order valence-electron chi connectivity index (χ4n) is 3.35. The monoisotopic (exact) mass is 378 g/mol. The fourth-order valence-corrected chi connectivity index (χ4v) is 4.20. The Balaban J connectivity index is 1.87. The Kier molecular flexibility index (Phi) is 7.94. The van der Waals surface area contributed by atoms with E-state index < -0.39 is 0 Å². The van der Waals surface area contributed by atoms with E-state index in [9.17, 15) is 4.79 Å². The van der Waals surface area contributed by atoms with Crippen LogP contribution in [0, 0.1) is 0 Å². The molecule has 1 aliphatic rings. The smallest absolute Gasteiger partial charge is 0.222 e. The molecule has 2 N–H and O–H groups in total. The summed E-state index contributed by atoms with van der Waals surface area (Å²) in [6, 6.07) is 4.61. The van der Waals surface area contributed by atoms with E-state index in [2.05, 4.69) is 60.7 Å². The summed E-state index contributed by atoms with van der Waals surface area (Å²) in [7, 11) is 0. The minimum atomic E-state index is 0.0322. The van der Waals surface area contributed by atoms with Crippen LogP contribution in [0.1, 0.15) is 58.3 Å². The molecule has 2 heterocycles. The molecule has 5 nitrogen and oxygen atoms in total. The minimum absolute atomic E-state index is 0.0322.